The third kappa shape index (κ3) is 3.15. The van der Waals surface area contributed by atoms with Crippen LogP contribution in [0.3, 0.4) is 0 Å². The van der Waals surface area contributed by atoms with Crippen molar-refractivity contribution in [3.05, 3.63) is 24.2 Å². The number of hydrogen-bond donors (Lipinski definition) is 0. The van der Waals surface area contributed by atoms with Gasteiger partial charge in [-0.1, -0.05) is 0 Å². The second kappa shape index (κ2) is 6.88. The molecule has 0 spiro atoms. The number of piperidine rings is 2. The smallest absolute Gasteiger partial charge is 0.227 e. The predicted molar refractivity (Wildman–Crippen MR) is 91.9 cm³/mol. The third-order valence-corrected chi connectivity index (χ3v) is 5.81. The van der Waals surface area contributed by atoms with Crippen LogP contribution in [0.4, 0.5) is 5.13 Å². The standard InChI is InChI=1S/C16H22N6OS/c23-15(13-3-1-7-21(9-13)16-18-5-8-24-16)20-6-2-4-14(10-20)22-12-17-11-19-22/h5,8,11-14H,1-4,6-7,9-10H2. The zero-order valence-electron chi connectivity index (χ0n) is 13.6. The first-order valence-electron chi connectivity index (χ1n) is 8.58. The first kappa shape index (κ1) is 15.6. The molecule has 2 aliphatic heterocycles. The Morgan fingerprint density at radius 1 is 1.21 bits per heavy atom. The average molecular weight is 346 g/mol. The van der Waals surface area contributed by atoms with Crippen molar-refractivity contribution < 1.29 is 4.79 Å². The van der Waals surface area contributed by atoms with Crippen molar-refractivity contribution >= 4 is 22.4 Å². The normalized spacial score (nSPS) is 25.0. The molecule has 2 aromatic rings. The van der Waals surface area contributed by atoms with Crippen LogP contribution in [0.15, 0.2) is 24.2 Å². The lowest BCUT2D eigenvalue weighted by Gasteiger charge is -2.38. The van der Waals surface area contributed by atoms with E-state index in [-0.39, 0.29) is 12.0 Å². The molecular weight excluding hydrogens is 324 g/mol. The number of thiazole rings is 1. The molecule has 2 unspecified atom stereocenters. The lowest BCUT2D eigenvalue weighted by molar-refractivity contribution is -0.137. The van der Waals surface area contributed by atoms with Gasteiger partial charge in [0.25, 0.3) is 0 Å². The summed E-state index contributed by atoms with van der Waals surface area (Å²) in [6.07, 6.45) is 9.26. The van der Waals surface area contributed by atoms with E-state index in [0.29, 0.717) is 5.91 Å². The Labute approximate surface area is 145 Å². The molecule has 0 bridgehead atoms. The first-order chi connectivity index (χ1) is 11.8. The molecule has 2 aliphatic rings. The highest BCUT2D eigenvalue weighted by molar-refractivity contribution is 7.13. The minimum atomic E-state index is 0.0807. The molecular formula is C16H22N6OS. The van der Waals surface area contributed by atoms with Gasteiger partial charge in [-0.05, 0) is 25.7 Å². The van der Waals surface area contributed by atoms with Crippen molar-refractivity contribution in [1.82, 2.24) is 24.6 Å². The van der Waals surface area contributed by atoms with Crippen LogP contribution < -0.4 is 4.90 Å². The fourth-order valence-electron chi connectivity index (χ4n) is 3.76. The molecule has 128 valence electrons. The van der Waals surface area contributed by atoms with Crippen molar-refractivity contribution in [2.24, 2.45) is 5.92 Å². The highest BCUT2D eigenvalue weighted by Crippen LogP contribution is 2.28. The van der Waals surface area contributed by atoms with Crippen LogP contribution in [-0.4, -0.2) is 56.7 Å². The van der Waals surface area contributed by atoms with Crippen LogP contribution in [0.5, 0.6) is 0 Å². The van der Waals surface area contributed by atoms with Crippen molar-refractivity contribution in [2.75, 3.05) is 31.1 Å². The van der Waals surface area contributed by atoms with Crippen molar-refractivity contribution in [3.8, 4) is 0 Å². The molecule has 0 radical (unpaired) electrons. The summed E-state index contributed by atoms with van der Waals surface area (Å²) >= 11 is 1.65. The van der Waals surface area contributed by atoms with Gasteiger partial charge in [0.2, 0.25) is 5.91 Å². The number of carbonyl (C=O) groups is 1. The Bertz CT molecular complexity index is 602. The van der Waals surface area contributed by atoms with Crippen LogP contribution in [0.25, 0.3) is 0 Å². The highest BCUT2D eigenvalue weighted by atomic mass is 32.1. The Morgan fingerprint density at radius 2 is 2.12 bits per heavy atom. The molecule has 2 saturated heterocycles. The Balaban J connectivity index is 1.41. The molecule has 24 heavy (non-hydrogen) atoms. The third-order valence-electron chi connectivity index (χ3n) is 4.98. The van der Waals surface area contributed by atoms with Crippen LogP contribution in [0, 0.1) is 5.92 Å². The first-order valence-corrected chi connectivity index (χ1v) is 9.46. The number of anilines is 1. The van der Waals surface area contributed by atoms with E-state index in [1.807, 2.05) is 21.2 Å². The van der Waals surface area contributed by atoms with E-state index >= 15 is 0 Å². The van der Waals surface area contributed by atoms with Crippen LogP contribution in [-0.2, 0) is 4.79 Å². The molecule has 2 fully saturated rings. The molecule has 0 N–H and O–H groups in total. The largest absolute Gasteiger partial charge is 0.347 e. The number of carbonyl (C=O) groups excluding carboxylic acids is 1. The quantitative estimate of drug-likeness (QED) is 0.848. The summed E-state index contributed by atoms with van der Waals surface area (Å²) in [4.78, 5) is 25.7. The summed E-state index contributed by atoms with van der Waals surface area (Å²) in [6, 6.07) is 0.254. The fourth-order valence-corrected chi connectivity index (χ4v) is 4.44. The van der Waals surface area contributed by atoms with Gasteiger partial charge in [-0.2, -0.15) is 5.10 Å². The number of aromatic nitrogens is 4. The molecule has 0 aliphatic carbocycles. The van der Waals surface area contributed by atoms with Crippen molar-refractivity contribution in [1.29, 1.82) is 0 Å². The molecule has 8 heteroatoms. The lowest BCUT2D eigenvalue weighted by atomic mass is 9.95. The van der Waals surface area contributed by atoms with E-state index in [4.69, 9.17) is 0 Å². The van der Waals surface area contributed by atoms with Gasteiger partial charge in [-0.25, -0.2) is 14.6 Å². The number of rotatable bonds is 3. The minimum absolute atomic E-state index is 0.0807. The SMILES string of the molecule is O=C(C1CCCN(c2nccs2)C1)N1CCCC(n2cncn2)C1. The molecule has 0 saturated carbocycles. The van der Waals surface area contributed by atoms with Gasteiger partial charge in [0.05, 0.1) is 12.0 Å². The molecule has 0 aromatic carbocycles. The van der Waals surface area contributed by atoms with Crippen molar-refractivity contribution in [2.45, 2.75) is 31.7 Å². The fraction of sp³-hybridized carbons (Fsp3) is 0.625. The zero-order valence-corrected chi connectivity index (χ0v) is 14.4. The van der Waals surface area contributed by atoms with Crippen molar-refractivity contribution in [3.63, 3.8) is 0 Å². The zero-order chi connectivity index (χ0) is 16.4. The second-order valence-electron chi connectivity index (χ2n) is 6.56. The highest BCUT2D eigenvalue weighted by Gasteiger charge is 2.33. The maximum absolute atomic E-state index is 13.0. The van der Waals surface area contributed by atoms with E-state index in [1.165, 1.54) is 0 Å². The topological polar surface area (TPSA) is 67.2 Å². The number of hydrogen-bond acceptors (Lipinski definition) is 6. The van der Waals surface area contributed by atoms with E-state index in [2.05, 4.69) is 20.0 Å². The van der Waals surface area contributed by atoms with Crippen LogP contribution in [0.1, 0.15) is 31.7 Å². The molecule has 2 aromatic heterocycles. The van der Waals surface area contributed by atoms with Gasteiger partial charge in [-0.15, -0.1) is 11.3 Å². The minimum Gasteiger partial charge on any atom is -0.347 e. The summed E-state index contributed by atoms with van der Waals surface area (Å²) < 4.78 is 1.89. The molecule has 2 atom stereocenters. The Kier molecular flexibility index (Phi) is 4.46. The van der Waals surface area contributed by atoms with Gasteiger partial charge < -0.3 is 9.80 Å². The van der Waals surface area contributed by atoms with Gasteiger partial charge in [0, 0.05) is 37.8 Å². The van der Waals surface area contributed by atoms with E-state index in [9.17, 15) is 4.79 Å². The van der Waals surface area contributed by atoms with Gasteiger partial charge in [0.1, 0.15) is 12.7 Å². The van der Waals surface area contributed by atoms with Crippen LogP contribution in [0.2, 0.25) is 0 Å². The predicted octanol–water partition coefficient (Wildman–Crippen LogP) is 1.81. The second-order valence-corrected chi connectivity index (χ2v) is 7.43. The molecule has 1 amide bonds. The van der Waals surface area contributed by atoms with Gasteiger partial charge >= 0.3 is 0 Å². The van der Waals surface area contributed by atoms with E-state index in [1.54, 1.807) is 24.0 Å². The number of likely N-dealkylation sites (tertiary alicyclic amines) is 1. The lowest BCUT2D eigenvalue weighted by Crippen LogP contribution is -2.48. The maximum atomic E-state index is 13.0. The van der Waals surface area contributed by atoms with Gasteiger partial charge in [0.15, 0.2) is 5.13 Å². The summed E-state index contributed by atoms with van der Waals surface area (Å²) in [5, 5.41) is 7.27. The van der Waals surface area contributed by atoms with E-state index < -0.39 is 0 Å². The van der Waals surface area contributed by atoms with Gasteiger partial charge in [-0.3, -0.25) is 4.79 Å². The number of amides is 1. The molecule has 4 heterocycles. The Hall–Kier alpha value is -1.96. The monoisotopic (exact) mass is 346 g/mol. The summed E-state index contributed by atoms with van der Waals surface area (Å²) in [6.45, 7) is 3.39. The molecule has 4 rings (SSSR count). The average Bonchev–Trinajstić information content (AvgIpc) is 3.35. The molecule has 7 nitrogen and oxygen atoms in total. The maximum Gasteiger partial charge on any atom is 0.227 e. The summed E-state index contributed by atoms with van der Waals surface area (Å²) in [5.74, 6) is 0.373. The summed E-state index contributed by atoms with van der Waals surface area (Å²) in [7, 11) is 0. The number of nitrogens with zero attached hydrogens (tertiary/aromatic N) is 6. The Morgan fingerprint density at radius 3 is 2.92 bits per heavy atom. The van der Waals surface area contributed by atoms with E-state index in [0.717, 1.165) is 57.0 Å². The van der Waals surface area contributed by atoms with Crippen LogP contribution >= 0.6 is 11.3 Å². The summed E-state index contributed by atoms with van der Waals surface area (Å²) in [5.41, 5.74) is 0.